The van der Waals surface area contributed by atoms with Crippen molar-refractivity contribution in [3.8, 4) is 11.8 Å². The molecule has 2 fully saturated rings. The first-order valence-corrected chi connectivity index (χ1v) is 31.7. The summed E-state index contributed by atoms with van der Waals surface area (Å²) in [6, 6.07) is 9.67. The molecule has 33 heteroatoms. The lowest BCUT2D eigenvalue weighted by atomic mass is 10.0. The number of urea groups is 1. The molecule has 1 unspecified atom stereocenters. The van der Waals surface area contributed by atoms with Gasteiger partial charge in [0.1, 0.15) is 30.9 Å². The van der Waals surface area contributed by atoms with Crippen LogP contribution < -0.4 is 43.2 Å². The number of ether oxygens (including phenoxy) is 6. The Balaban J connectivity index is 0.843. The van der Waals surface area contributed by atoms with Crippen molar-refractivity contribution in [2.24, 2.45) is 29.4 Å². The van der Waals surface area contributed by atoms with Crippen LogP contribution in [0.3, 0.4) is 0 Å². The third-order valence-electron chi connectivity index (χ3n) is 14.9. The number of imidazole rings is 1. The number of hydrogen-bond donors (Lipinski definition) is 11. The van der Waals surface area contributed by atoms with Crippen molar-refractivity contribution in [2.75, 3.05) is 70.4 Å². The lowest BCUT2D eigenvalue weighted by molar-refractivity contribution is -0.142. The predicted molar refractivity (Wildman–Crippen MR) is 323 cm³/mol. The van der Waals surface area contributed by atoms with E-state index in [9.17, 15) is 57.7 Å². The molecule has 11 N–H and O–H groups in total. The molecule has 10 atom stereocenters. The van der Waals surface area contributed by atoms with Gasteiger partial charge in [-0.25, -0.2) is 23.9 Å². The minimum atomic E-state index is -4.30. The zero-order chi connectivity index (χ0) is 64.9. The number of anilines is 2. The summed E-state index contributed by atoms with van der Waals surface area (Å²) < 4.78 is 50.5. The van der Waals surface area contributed by atoms with Gasteiger partial charge < -0.3 is 75.6 Å². The van der Waals surface area contributed by atoms with E-state index in [1.165, 1.54) is 18.0 Å². The number of aliphatic hydroxyl groups excluding tert-OH is 1. The summed E-state index contributed by atoms with van der Waals surface area (Å²) >= 11 is 3.45. The molecular formula is C57H75N12O19PS. The summed E-state index contributed by atoms with van der Waals surface area (Å²) in [6.07, 6.45) is -1.70. The molecule has 31 nitrogen and oxygen atoms in total. The third kappa shape index (κ3) is 20.7. The van der Waals surface area contributed by atoms with Gasteiger partial charge in [-0.1, -0.05) is 56.4 Å². The molecular weight excluding hydrogens is 1220 g/mol. The molecule has 3 heterocycles. The van der Waals surface area contributed by atoms with Crippen molar-refractivity contribution >= 4 is 90.2 Å². The second-order valence-corrected chi connectivity index (χ2v) is 24.4. The quantitative estimate of drug-likeness (QED) is 0.00815. The summed E-state index contributed by atoms with van der Waals surface area (Å²) in [5, 5.41) is 26.7. The second kappa shape index (κ2) is 33.6. The lowest BCUT2D eigenvalue weighted by Gasteiger charge is -2.25. The summed E-state index contributed by atoms with van der Waals surface area (Å²) in [5.74, 6) is 4.73. The maximum atomic E-state index is 13.8. The SMILES string of the molecule is CC(C)C(NC(=O)CCOCCOCCNC(=O)OC[C@@H]1[C@@H]2CCC#CCC[C@@H]21)C(=O)N[C@@H](CCCNC(N)=O)C(=O)Nc1ccc(COC(=O)N(C)Cc2ccccc2C(=O)Nc2nc3c(ncn3[C@@H]3O[C@H](CO[P@](=O)(O)S)[C@@H](O)[C@H]3OC=O)c(=O)[nH]2)cc1. The smallest absolute Gasteiger partial charge is 0.410 e. The summed E-state index contributed by atoms with van der Waals surface area (Å²) in [6.45, 7) is -0.327. The van der Waals surface area contributed by atoms with Crippen LogP contribution in [0.1, 0.15) is 86.5 Å². The van der Waals surface area contributed by atoms with Gasteiger partial charge in [0.25, 0.3) is 17.9 Å². The maximum absolute atomic E-state index is 13.8. The van der Waals surface area contributed by atoms with E-state index in [0.717, 1.165) is 36.6 Å². The molecule has 2 aromatic carbocycles. The fraction of sp³-hybridized carbons (Fsp3) is 0.526. The van der Waals surface area contributed by atoms with Crippen LogP contribution in [0.5, 0.6) is 0 Å². The van der Waals surface area contributed by atoms with E-state index in [4.69, 9.17) is 38.7 Å². The van der Waals surface area contributed by atoms with Crippen molar-refractivity contribution in [1.82, 2.24) is 45.7 Å². The highest BCUT2D eigenvalue weighted by Gasteiger charge is 2.50. The highest BCUT2D eigenvalue weighted by Crippen LogP contribution is 2.52. The molecule has 4 aromatic rings. The van der Waals surface area contributed by atoms with Gasteiger partial charge >= 0.3 is 25.0 Å². The van der Waals surface area contributed by atoms with Gasteiger partial charge in [-0.05, 0) is 78.7 Å². The van der Waals surface area contributed by atoms with Crippen LogP contribution in [0.25, 0.3) is 11.2 Å². The highest BCUT2D eigenvalue weighted by atomic mass is 32.7. The monoisotopic (exact) mass is 1290 g/mol. The van der Waals surface area contributed by atoms with Crippen LogP contribution in [-0.4, -0.2) is 173 Å². The fourth-order valence-electron chi connectivity index (χ4n) is 10.2. The second-order valence-electron chi connectivity index (χ2n) is 21.7. The Labute approximate surface area is 521 Å². The van der Waals surface area contributed by atoms with Crippen LogP contribution >= 0.6 is 19.0 Å². The Morgan fingerprint density at radius 3 is 2.33 bits per heavy atom. The first-order chi connectivity index (χ1) is 43.1. The number of primary amides is 1. The van der Waals surface area contributed by atoms with Crippen LogP contribution in [0.4, 0.5) is 26.0 Å². The molecule has 7 rings (SSSR count). The number of hydrogen-bond acceptors (Lipinski definition) is 20. The zero-order valence-electron chi connectivity index (χ0n) is 49.7. The molecule has 8 amide bonds. The van der Waals surface area contributed by atoms with Gasteiger partial charge in [0.05, 0.1) is 46.0 Å². The molecule has 3 aliphatic rings. The van der Waals surface area contributed by atoms with Crippen LogP contribution in [0.15, 0.2) is 59.7 Å². The number of aliphatic hydroxyl groups is 1. The van der Waals surface area contributed by atoms with E-state index in [1.807, 2.05) is 0 Å². The molecule has 0 bridgehead atoms. The van der Waals surface area contributed by atoms with Crippen LogP contribution in [0, 0.1) is 35.5 Å². The van der Waals surface area contributed by atoms with Crippen molar-refractivity contribution in [1.29, 1.82) is 0 Å². The van der Waals surface area contributed by atoms with E-state index in [2.05, 4.69) is 70.9 Å². The van der Waals surface area contributed by atoms with Gasteiger partial charge in [0.2, 0.25) is 23.7 Å². The third-order valence-corrected chi connectivity index (χ3v) is 15.7. The molecule has 488 valence electrons. The number of aromatic nitrogens is 4. The van der Waals surface area contributed by atoms with Crippen LogP contribution in [-0.2, 0) is 69.8 Å². The normalized spacial score (nSPS) is 20.4. The Kier molecular flexibility index (Phi) is 25.9. The van der Waals surface area contributed by atoms with Gasteiger partial charge in [-0.3, -0.25) is 48.2 Å². The largest absolute Gasteiger partial charge is 0.457 e. The molecule has 0 radical (unpaired) electrons. The number of nitrogens with one attached hydrogen (secondary N) is 7. The van der Waals surface area contributed by atoms with Gasteiger partial charge in [0.15, 0.2) is 23.5 Å². The number of alkyl carbamates (subject to hydrolysis) is 1. The van der Waals surface area contributed by atoms with Gasteiger partial charge in [0, 0.05) is 57.2 Å². The van der Waals surface area contributed by atoms with E-state index < -0.39 is 103 Å². The van der Waals surface area contributed by atoms with E-state index in [1.54, 1.807) is 56.3 Å². The summed E-state index contributed by atoms with van der Waals surface area (Å²) in [7, 11) is 1.44. The number of nitrogens with zero attached hydrogens (tertiary/aromatic N) is 4. The Morgan fingerprint density at radius 2 is 1.64 bits per heavy atom. The van der Waals surface area contributed by atoms with Gasteiger partial charge in [-0.2, -0.15) is 4.98 Å². The first-order valence-electron chi connectivity index (χ1n) is 29.0. The zero-order valence-corrected chi connectivity index (χ0v) is 51.5. The van der Waals surface area contributed by atoms with E-state index >= 15 is 0 Å². The van der Waals surface area contributed by atoms with Crippen LogP contribution in [0.2, 0.25) is 0 Å². The minimum absolute atomic E-state index is 0.0357. The molecule has 1 saturated carbocycles. The average molecular weight is 1300 g/mol. The number of H-pyrrole nitrogens is 1. The highest BCUT2D eigenvalue weighted by molar-refractivity contribution is 8.44. The molecule has 2 aromatic heterocycles. The van der Waals surface area contributed by atoms with Crippen molar-refractivity contribution in [3.63, 3.8) is 0 Å². The number of amides is 8. The topological polar surface area (TPSA) is 424 Å². The Bertz CT molecular complexity index is 3320. The lowest BCUT2D eigenvalue weighted by Crippen LogP contribution is -2.54. The van der Waals surface area contributed by atoms with Gasteiger partial charge in [-0.15, -0.1) is 11.8 Å². The predicted octanol–water partition coefficient (Wildman–Crippen LogP) is 2.59. The molecule has 2 aliphatic carbocycles. The Hall–Kier alpha value is -8.15. The first kappa shape index (κ1) is 69.3. The standard InChI is InChI=1S/C57H75N12O19PS/c1-33(2)44(64-43(71)20-23-82-25-26-83-24-22-60-56(78)84-29-40-38-13-6-4-5-7-14-39(38)40)51(75)63-41(15-10-21-59-54(58)77)50(74)62-36-18-16-34(17-19-36)28-85-57(79)68(3)27-35-11-8-9-12-37(35)49(73)66-55-65-48-45(52(76)67-55)61-31-69(48)53-47(86-32-70)46(72)42(88-53)30-87-89(80,81)90/h8-9,11-12,16-19,31-33,38-42,44,46-47,53,72H,6-7,10,13-15,20-30H2,1-3H3,(H,60,78)(H,62,74)(H,63,75)(H,64,71)(H3,58,59,77)(H2,80,81,90)(H2,65,66,67,73,76)/t38-,39+,40-,41-,42+,44?,46+,47+,53+/m0/s1. The number of fused-ring (bicyclic) bond motifs is 2. The average Bonchev–Trinajstić information content (AvgIpc) is 1.64. The number of aromatic amines is 1. The van der Waals surface area contributed by atoms with Crippen molar-refractivity contribution in [3.05, 3.63) is 81.9 Å². The summed E-state index contributed by atoms with van der Waals surface area (Å²) in [5.41, 5.74) is 5.33. The molecule has 90 heavy (non-hydrogen) atoms. The summed E-state index contributed by atoms with van der Waals surface area (Å²) in [4.78, 5) is 137. The van der Waals surface area contributed by atoms with Crippen molar-refractivity contribution < 1.29 is 85.9 Å². The molecule has 0 spiro atoms. The van der Waals surface area contributed by atoms with Crippen molar-refractivity contribution in [2.45, 2.75) is 109 Å². The number of rotatable bonds is 33. The maximum Gasteiger partial charge on any atom is 0.410 e. The number of nitrogens with two attached hydrogens (primary N) is 1. The Morgan fingerprint density at radius 1 is 0.933 bits per heavy atom. The molecule has 1 aliphatic heterocycles. The number of carbonyl (C=O) groups excluding carboxylic acids is 8. The molecule has 1 saturated heterocycles. The number of benzene rings is 2. The number of thiol groups is 1. The van der Waals surface area contributed by atoms with E-state index in [0.29, 0.717) is 41.2 Å². The minimum Gasteiger partial charge on any atom is -0.457 e. The number of carbonyl (C=O) groups is 8. The fourth-order valence-corrected chi connectivity index (χ4v) is 10.8. The van der Waals surface area contributed by atoms with E-state index in [-0.39, 0.29) is 101 Å².